The van der Waals surface area contributed by atoms with Crippen LogP contribution in [0.5, 0.6) is 5.75 Å². The van der Waals surface area contributed by atoms with Crippen molar-refractivity contribution in [3.8, 4) is 5.75 Å². The Balaban J connectivity index is 1.81. The second-order valence-electron chi connectivity index (χ2n) is 5.33. The average molecular weight is 398 g/mol. The first-order chi connectivity index (χ1) is 11.3. The largest absolute Gasteiger partial charge is 0.457 e. The zero-order chi connectivity index (χ0) is 17.6. The predicted molar refractivity (Wildman–Crippen MR) is 94.6 cm³/mol. The van der Waals surface area contributed by atoms with Crippen LogP contribution in [-0.2, 0) is 11.1 Å². The normalized spacial score (nSPS) is 17.5. The summed E-state index contributed by atoms with van der Waals surface area (Å²) in [6, 6.07) is 7.38. The molecular weight excluding hydrogens is 379 g/mol. The van der Waals surface area contributed by atoms with Gasteiger partial charge in [-0.2, -0.15) is 17.3 Å². The lowest BCUT2D eigenvalue weighted by Gasteiger charge is -2.22. The van der Waals surface area contributed by atoms with Crippen molar-refractivity contribution in [2.45, 2.75) is 43.5 Å². The molecule has 0 aliphatic heterocycles. The summed E-state index contributed by atoms with van der Waals surface area (Å²) in [7, 11) is 0. The van der Waals surface area contributed by atoms with Gasteiger partial charge in [-0.25, -0.2) is 4.21 Å². The lowest BCUT2D eigenvalue weighted by Crippen LogP contribution is -2.09. The smallest absolute Gasteiger partial charge is 0.397 e. The number of halogens is 3. The van der Waals surface area contributed by atoms with E-state index in [1.54, 1.807) is 12.1 Å². The molecule has 134 valence electrons. The Hall–Kier alpha value is -0.640. The van der Waals surface area contributed by atoms with Crippen LogP contribution in [0.4, 0.5) is 13.2 Å². The van der Waals surface area contributed by atoms with E-state index in [1.165, 1.54) is 37.7 Å². The fraction of sp³-hybridized carbons (Fsp3) is 0.467. The molecule has 1 aliphatic carbocycles. The van der Waals surface area contributed by atoms with Gasteiger partial charge in [-0.15, -0.1) is 0 Å². The van der Waals surface area contributed by atoms with Crippen molar-refractivity contribution in [1.82, 2.24) is 4.13 Å². The summed E-state index contributed by atoms with van der Waals surface area (Å²) >= 11 is -1.83. The van der Waals surface area contributed by atoms with Gasteiger partial charge in [0, 0.05) is 11.9 Å². The molecule has 1 aliphatic rings. The second-order valence-corrected chi connectivity index (χ2v) is 8.75. The fourth-order valence-corrected chi connectivity index (χ4v) is 4.49. The molecule has 3 nitrogen and oxygen atoms in total. The van der Waals surface area contributed by atoms with Crippen LogP contribution in [0.2, 0.25) is 0 Å². The number of benzene rings is 1. The highest BCUT2D eigenvalue weighted by Crippen LogP contribution is 2.34. The maximum Gasteiger partial charge on any atom is 0.457 e. The van der Waals surface area contributed by atoms with Crippen molar-refractivity contribution < 1.29 is 21.6 Å². The maximum atomic E-state index is 12.0. The summed E-state index contributed by atoms with van der Waals surface area (Å²) in [6.45, 7) is 3.46. The molecule has 1 aromatic carbocycles. The van der Waals surface area contributed by atoms with Gasteiger partial charge in [-0.1, -0.05) is 38.0 Å². The molecule has 2 rings (SSSR count). The van der Waals surface area contributed by atoms with Gasteiger partial charge in [-0.05, 0) is 48.4 Å². The van der Waals surface area contributed by atoms with Crippen LogP contribution in [0, 0.1) is 0 Å². The third-order valence-corrected chi connectivity index (χ3v) is 6.13. The first kappa shape index (κ1) is 19.7. The summed E-state index contributed by atoms with van der Waals surface area (Å²) in [5.41, 5.74) is -3.17. The maximum absolute atomic E-state index is 12.0. The molecule has 1 unspecified atom stereocenters. The van der Waals surface area contributed by atoms with Crippen molar-refractivity contribution in [1.29, 1.82) is 0 Å². The highest BCUT2D eigenvalue weighted by molar-refractivity contribution is 8.21. The van der Waals surface area contributed by atoms with Crippen LogP contribution in [0.25, 0.3) is 0 Å². The monoisotopic (exact) mass is 397 g/mol. The van der Waals surface area contributed by atoms with Crippen molar-refractivity contribution in [3.63, 3.8) is 0 Å². The Morgan fingerprint density at radius 3 is 2.42 bits per heavy atom. The topological polar surface area (TPSA) is 38.3 Å². The summed E-state index contributed by atoms with van der Waals surface area (Å²) in [4.78, 5) is 0. The fourth-order valence-electron chi connectivity index (χ4n) is 2.51. The standard InChI is InChI=1S/C15H18F3NO2S3/c1-11(22-19-23-15(16,17)18)24(20)21-14-9-7-13(8-10-14)12-5-3-2-4-6-12/h7-10,12,19H,1-6H2. The molecule has 0 aromatic heterocycles. The SMILES string of the molecule is C=C(SNSC(F)(F)F)S(=O)Oc1ccc(C2CCCCC2)cc1. The molecule has 1 aromatic rings. The molecular formula is C15H18F3NO2S3. The van der Waals surface area contributed by atoms with Gasteiger partial charge >= 0.3 is 5.51 Å². The molecule has 0 saturated heterocycles. The lowest BCUT2D eigenvalue weighted by molar-refractivity contribution is -0.0331. The number of alkyl halides is 3. The highest BCUT2D eigenvalue weighted by Gasteiger charge is 2.29. The summed E-state index contributed by atoms with van der Waals surface area (Å²) in [5, 5.41) is 0. The van der Waals surface area contributed by atoms with Gasteiger partial charge in [0.15, 0.2) is 0 Å². The van der Waals surface area contributed by atoms with Crippen LogP contribution in [0.3, 0.4) is 0 Å². The number of hydrogen-bond acceptors (Lipinski definition) is 5. The molecule has 1 fully saturated rings. The Bertz CT molecular complexity index is 572. The van der Waals surface area contributed by atoms with E-state index in [4.69, 9.17) is 4.18 Å². The molecule has 1 saturated carbocycles. The molecule has 0 amide bonds. The van der Waals surface area contributed by atoms with Gasteiger partial charge < -0.3 is 4.18 Å². The van der Waals surface area contributed by atoms with Gasteiger partial charge in [0.05, 0.1) is 0 Å². The Morgan fingerprint density at radius 1 is 1.21 bits per heavy atom. The molecule has 1 atom stereocenters. The van der Waals surface area contributed by atoms with Crippen molar-refractivity contribution in [3.05, 3.63) is 40.6 Å². The van der Waals surface area contributed by atoms with E-state index in [-0.39, 0.29) is 4.24 Å². The van der Waals surface area contributed by atoms with Crippen molar-refractivity contribution in [2.24, 2.45) is 0 Å². The minimum atomic E-state index is -4.41. The Kier molecular flexibility index (Phi) is 7.52. The average Bonchev–Trinajstić information content (AvgIpc) is 2.55. The van der Waals surface area contributed by atoms with E-state index in [9.17, 15) is 17.4 Å². The van der Waals surface area contributed by atoms with Gasteiger partial charge in [0.25, 0.3) is 0 Å². The zero-order valence-corrected chi connectivity index (χ0v) is 15.3. The van der Waals surface area contributed by atoms with Gasteiger partial charge in [0.1, 0.15) is 9.99 Å². The Labute approximate surface area is 150 Å². The molecule has 0 heterocycles. The summed E-state index contributed by atoms with van der Waals surface area (Å²) in [5.74, 6) is 0.963. The zero-order valence-electron chi connectivity index (χ0n) is 12.8. The first-order valence-electron chi connectivity index (χ1n) is 7.41. The van der Waals surface area contributed by atoms with E-state index in [2.05, 4.69) is 6.58 Å². The molecule has 9 heteroatoms. The first-order valence-corrected chi connectivity index (χ1v) is 10.1. The number of rotatable bonds is 7. The van der Waals surface area contributed by atoms with E-state index >= 15 is 0 Å². The second kappa shape index (κ2) is 9.17. The molecule has 1 N–H and O–H groups in total. The highest BCUT2D eigenvalue weighted by atomic mass is 32.3. The predicted octanol–water partition coefficient (Wildman–Crippen LogP) is 5.65. The lowest BCUT2D eigenvalue weighted by atomic mass is 9.84. The molecule has 0 spiro atoms. The van der Waals surface area contributed by atoms with Crippen LogP contribution < -0.4 is 8.31 Å². The quantitative estimate of drug-likeness (QED) is 0.602. The van der Waals surface area contributed by atoms with E-state index in [0.717, 1.165) is 0 Å². The van der Waals surface area contributed by atoms with Crippen LogP contribution in [0.1, 0.15) is 43.6 Å². The number of nitrogens with one attached hydrogen (secondary N) is 1. The summed E-state index contributed by atoms with van der Waals surface area (Å²) in [6.07, 6.45) is 6.14. The molecule has 0 radical (unpaired) electrons. The minimum Gasteiger partial charge on any atom is -0.397 e. The summed E-state index contributed by atoms with van der Waals surface area (Å²) < 4.78 is 55.0. The third kappa shape index (κ3) is 6.70. The van der Waals surface area contributed by atoms with Gasteiger partial charge in [0.2, 0.25) is 11.1 Å². The van der Waals surface area contributed by atoms with Gasteiger partial charge in [-0.3, -0.25) is 0 Å². The van der Waals surface area contributed by atoms with E-state index in [0.29, 0.717) is 23.6 Å². The van der Waals surface area contributed by atoms with Crippen LogP contribution >= 0.6 is 23.9 Å². The van der Waals surface area contributed by atoms with Crippen LogP contribution in [0.15, 0.2) is 35.1 Å². The minimum absolute atomic E-state index is 0.0388. The van der Waals surface area contributed by atoms with E-state index in [1.807, 2.05) is 16.3 Å². The van der Waals surface area contributed by atoms with Crippen molar-refractivity contribution in [2.75, 3.05) is 0 Å². The van der Waals surface area contributed by atoms with E-state index < -0.39 is 28.5 Å². The molecule has 24 heavy (non-hydrogen) atoms. The third-order valence-electron chi connectivity index (χ3n) is 3.63. The number of hydrogen-bond donors (Lipinski definition) is 1. The van der Waals surface area contributed by atoms with Crippen LogP contribution in [-0.4, -0.2) is 9.72 Å². The Morgan fingerprint density at radius 2 is 1.83 bits per heavy atom. The molecule has 0 bridgehead atoms. The van der Waals surface area contributed by atoms with Crippen molar-refractivity contribution >= 4 is 35.0 Å².